The molecular formula is C22H23ClN2O3. The largest absolute Gasteiger partial charge is 0.497 e. The maximum absolute atomic E-state index is 13.4. The number of hydrogen-bond donors (Lipinski definition) is 1. The van der Waals surface area contributed by atoms with Gasteiger partial charge in [-0.25, -0.2) is 0 Å². The summed E-state index contributed by atoms with van der Waals surface area (Å²) in [5, 5.41) is 3.58. The van der Waals surface area contributed by atoms with Crippen LogP contribution in [0.1, 0.15) is 31.7 Å². The van der Waals surface area contributed by atoms with Crippen molar-refractivity contribution >= 4 is 29.1 Å². The monoisotopic (exact) mass is 398 g/mol. The van der Waals surface area contributed by atoms with Crippen LogP contribution >= 0.6 is 11.6 Å². The molecule has 5 nitrogen and oxygen atoms in total. The third kappa shape index (κ3) is 3.04. The lowest BCUT2D eigenvalue weighted by Crippen LogP contribution is -2.67. The van der Waals surface area contributed by atoms with Crippen molar-refractivity contribution in [3.63, 3.8) is 0 Å². The van der Waals surface area contributed by atoms with Crippen LogP contribution in [-0.4, -0.2) is 35.9 Å². The van der Waals surface area contributed by atoms with Crippen LogP contribution in [0.3, 0.4) is 0 Å². The van der Waals surface area contributed by atoms with Crippen molar-refractivity contribution in [3.8, 4) is 5.75 Å². The number of carbonyl (C=O) groups is 2. The van der Waals surface area contributed by atoms with E-state index >= 15 is 0 Å². The van der Waals surface area contributed by atoms with Gasteiger partial charge in [-0.2, -0.15) is 0 Å². The second-order valence-corrected chi connectivity index (χ2v) is 8.19. The average Bonchev–Trinajstić information content (AvgIpc) is 3.49. The lowest BCUT2D eigenvalue weighted by Gasteiger charge is -2.50. The molecule has 2 aromatic carbocycles. The molecule has 1 unspecified atom stereocenters. The van der Waals surface area contributed by atoms with Crippen LogP contribution < -0.4 is 10.1 Å². The van der Waals surface area contributed by atoms with Crippen LogP contribution in [0.4, 0.5) is 5.69 Å². The fraction of sp³-hybridized carbons (Fsp3) is 0.364. The Morgan fingerprint density at radius 1 is 1.11 bits per heavy atom. The smallest absolute Gasteiger partial charge is 0.250 e. The molecule has 146 valence electrons. The van der Waals surface area contributed by atoms with E-state index in [1.54, 1.807) is 18.1 Å². The molecule has 1 saturated heterocycles. The number of ether oxygens (including phenoxy) is 1. The zero-order valence-corrected chi connectivity index (χ0v) is 16.8. The van der Waals surface area contributed by atoms with Crippen molar-refractivity contribution in [2.45, 2.75) is 37.1 Å². The van der Waals surface area contributed by atoms with Crippen LogP contribution in [0.15, 0.2) is 48.5 Å². The number of likely N-dealkylation sites (tertiary alicyclic amines) is 1. The molecular weight excluding hydrogens is 376 g/mol. The van der Waals surface area contributed by atoms with Gasteiger partial charge in [0.1, 0.15) is 11.3 Å². The molecule has 2 amide bonds. The summed E-state index contributed by atoms with van der Waals surface area (Å²) in [5.41, 5.74) is 0.276. The summed E-state index contributed by atoms with van der Waals surface area (Å²) in [7, 11) is 1.58. The standard InChI is InChI=1S/C22H23ClN2O3/c1-21(19(26)24-17-4-3-5-18(14-17)28-2)12-13-25(21)20(27)22(10-11-22)15-6-8-16(23)9-7-15/h3-9,14H,10-13H2,1-2H3,(H,24,26). The highest BCUT2D eigenvalue weighted by Crippen LogP contribution is 2.52. The number of hydrogen-bond acceptors (Lipinski definition) is 3. The minimum Gasteiger partial charge on any atom is -0.497 e. The summed E-state index contributed by atoms with van der Waals surface area (Å²) < 4.78 is 5.21. The molecule has 1 aliphatic carbocycles. The lowest BCUT2D eigenvalue weighted by atomic mass is 9.82. The third-order valence-corrected chi connectivity index (χ3v) is 6.29. The van der Waals surface area contributed by atoms with E-state index in [1.165, 1.54) is 0 Å². The lowest BCUT2D eigenvalue weighted by molar-refractivity contribution is -0.156. The first-order valence-corrected chi connectivity index (χ1v) is 9.80. The minimum atomic E-state index is -0.845. The molecule has 1 aliphatic heterocycles. The fourth-order valence-electron chi connectivity index (χ4n) is 3.87. The van der Waals surface area contributed by atoms with Crippen LogP contribution in [0.25, 0.3) is 0 Å². The van der Waals surface area contributed by atoms with E-state index in [0.717, 1.165) is 18.4 Å². The highest BCUT2D eigenvalue weighted by atomic mass is 35.5. The summed E-state index contributed by atoms with van der Waals surface area (Å²) in [6.45, 7) is 2.43. The summed E-state index contributed by atoms with van der Waals surface area (Å²) in [5.74, 6) is 0.529. The van der Waals surface area contributed by atoms with Gasteiger partial charge in [-0.1, -0.05) is 29.8 Å². The summed E-state index contributed by atoms with van der Waals surface area (Å²) >= 11 is 5.99. The summed E-state index contributed by atoms with van der Waals surface area (Å²) in [6, 6.07) is 14.7. The molecule has 1 heterocycles. The van der Waals surface area contributed by atoms with E-state index < -0.39 is 11.0 Å². The minimum absolute atomic E-state index is 0.0318. The SMILES string of the molecule is COc1cccc(NC(=O)C2(C)CCN2C(=O)C2(c3ccc(Cl)cc3)CC2)c1. The Labute approximate surface area is 169 Å². The Morgan fingerprint density at radius 2 is 1.82 bits per heavy atom. The second-order valence-electron chi connectivity index (χ2n) is 7.76. The topological polar surface area (TPSA) is 58.6 Å². The van der Waals surface area contributed by atoms with Crippen LogP contribution in [-0.2, 0) is 15.0 Å². The van der Waals surface area contributed by atoms with Gasteiger partial charge in [0.2, 0.25) is 11.8 Å². The van der Waals surface area contributed by atoms with Crippen molar-refractivity contribution in [1.82, 2.24) is 4.90 Å². The number of nitrogens with one attached hydrogen (secondary N) is 1. The van der Waals surface area contributed by atoms with Gasteiger partial charge in [0.15, 0.2) is 0 Å². The van der Waals surface area contributed by atoms with Crippen LogP contribution in [0.2, 0.25) is 5.02 Å². The zero-order valence-electron chi connectivity index (χ0n) is 16.0. The molecule has 0 spiro atoms. The van der Waals surface area contributed by atoms with Gasteiger partial charge in [0.25, 0.3) is 0 Å². The first kappa shape index (κ1) is 18.8. The van der Waals surface area contributed by atoms with Crippen molar-refractivity contribution in [1.29, 1.82) is 0 Å². The molecule has 2 fully saturated rings. The molecule has 2 aromatic rings. The van der Waals surface area contributed by atoms with Crippen molar-refractivity contribution in [2.75, 3.05) is 19.0 Å². The molecule has 1 atom stereocenters. The van der Waals surface area contributed by atoms with Gasteiger partial charge in [-0.15, -0.1) is 0 Å². The summed E-state index contributed by atoms with van der Waals surface area (Å²) in [4.78, 5) is 28.1. The molecule has 2 aliphatic rings. The van der Waals surface area contributed by atoms with Crippen molar-refractivity contribution in [3.05, 3.63) is 59.1 Å². The van der Waals surface area contributed by atoms with E-state index in [4.69, 9.17) is 16.3 Å². The van der Waals surface area contributed by atoms with Crippen LogP contribution in [0, 0.1) is 0 Å². The third-order valence-electron chi connectivity index (χ3n) is 6.04. The average molecular weight is 399 g/mol. The highest BCUT2D eigenvalue weighted by Gasteiger charge is 2.59. The Hall–Kier alpha value is -2.53. The van der Waals surface area contributed by atoms with Gasteiger partial charge >= 0.3 is 0 Å². The number of carbonyl (C=O) groups excluding carboxylic acids is 2. The number of nitrogens with zero attached hydrogens (tertiary/aromatic N) is 1. The van der Waals surface area contributed by atoms with E-state index in [0.29, 0.717) is 29.4 Å². The number of halogens is 1. The predicted molar refractivity (Wildman–Crippen MR) is 109 cm³/mol. The number of rotatable bonds is 5. The van der Waals surface area contributed by atoms with Gasteiger partial charge in [0.05, 0.1) is 12.5 Å². The van der Waals surface area contributed by atoms with Gasteiger partial charge in [0, 0.05) is 23.3 Å². The normalized spacial score (nSPS) is 22.2. The second kappa shape index (κ2) is 6.82. The van der Waals surface area contributed by atoms with Gasteiger partial charge < -0.3 is 15.0 Å². The molecule has 1 saturated carbocycles. The number of anilines is 1. The van der Waals surface area contributed by atoms with Gasteiger partial charge in [-0.05, 0) is 56.0 Å². The maximum atomic E-state index is 13.4. The fourth-order valence-corrected chi connectivity index (χ4v) is 3.99. The molecule has 1 N–H and O–H groups in total. The molecule has 4 rings (SSSR count). The Bertz CT molecular complexity index is 924. The number of benzene rings is 2. The molecule has 6 heteroatoms. The number of amides is 2. The first-order valence-electron chi connectivity index (χ1n) is 9.43. The number of methoxy groups -OCH3 is 1. The Morgan fingerprint density at radius 3 is 2.39 bits per heavy atom. The van der Waals surface area contributed by atoms with E-state index in [2.05, 4.69) is 5.32 Å². The predicted octanol–water partition coefficient (Wildman–Crippen LogP) is 4.01. The van der Waals surface area contributed by atoms with Gasteiger partial charge in [-0.3, -0.25) is 9.59 Å². The summed E-state index contributed by atoms with van der Waals surface area (Å²) in [6.07, 6.45) is 2.25. The van der Waals surface area contributed by atoms with E-state index in [9.17, 15) is 9.59 Å². The van der Waals surface area contributed by atoms with Crippen molar-refractivity contribution in [2.24, 2.45) is 0 Å². The Kier molecular flexibility index (Phi) is 4.58. The van der Waals surface area contributed by atoms with Crippen LogP contribution in [0.5, 0.6) is 5.75 Å². The molecule has 0 aromatic heterocycles. The van der Waals surface area contributed by atoms with E-state index in [-0.39, 0.29) is 11.8 Å². The van der Waals surface area contributed by atoms with Crippen molar-refractivity contribution < 1.29 is 14.3 Å². The maximum Gasteiger partial charge on any atom is 0.250 e. The molecule has 0 bridgehead atoms. The zero-order chi connectivity index (χ0) is 19.9. The Balaban J connectivity index is 1.52. The quantitative estimate of drug-likeness (QED) is 0.827. The first-order chi connectivity index (χ1) is 13.4. The van der Waals surface area contributed by atoms with E-state index in [1.807, 2.05) is 49.4 Å². The molecule has 0 radical (unpaired) electrons. The highest BCUT2D eigenvalue weighted by molar-refractivity contribution is 6.30. The molecule has 28 heavy (non-hydrogen) atoms.